The number of anilines is 1. The number of aryl methyl sites for hydroxylation is 1. The highest BCUT2D eigenvalue weighted by Crippen LogP contribution is 2.34. The Kier molecular flexibility index (Phi) is 4.63. The van der Waals surface area contributed by atoms with Crippen molar-refractivity contribution in [1.82, 2.24) is 29.1 Å². The molecule has 1 fully saturated rings. The number of alkyl halides is 2. The molecule has 3 aromatic heterocycles. The molecule has 0 spiro atoms. The molecule has 12 heteroatoms. The fourth-order valence-electron chi connectivity index (χ4n) is 3.80. The molecule has 164 valence electrons. The van der Waals surface area contributed by atoms with Gasteiger partial charge in [0.05, 0.1) is 30.7 Å². The summed E-state index contributed by atoms with van der Waals surface area (Å²) in [7, 11) is 1.57. The number of imidazole rings is 2. The SMILES string of the molecule is [C-]#[N+]c1ccc2ncn(-c3nc(N4CC(F)(F)C4)c4[nH]c(=O)n(CCCOC)c4n3)c2c1. The Bertz CT molecular complexity index is 1420. The fraction of sp³-hybridized carbons (Fsp3) is 0.350. The maximum absolute atomic E-state index is 13.6. The maximum Gasteiger partial charge on any atom is 0.327 e. The van der Waals surface area contributed by atoms with Gasteiger partial charge in [-0.25, -0.2) is 23.4 Å². The maximum atomic E-state index is 13.6. The van der Waals surface area contributed by atoms with Crippen LogP contribution in [0.2, 0.25) is 0 Å². The minimum atomic E-state index is -2.81. The van der Waals surface area contributed by atoms with Crippen molar-refractivity contribution in [2.75, 3.05) is 31.7 Å². The van der Waals surface area contributed by atoms with Crippen molar-refractivity contribution in [3.63, 3.8) is 0 Å². The normalized spacial score (nSPS) is 15.2. The van der Waals surface area contributed by atoms with Gasteiger partial charge in [0.2, 0.25) is 5.95 Å². The number of aromatic amines is 1. The van der Waals surface area contributed by atoms with Crippen molar-refractivity contribution in [2.45, 2.75) is 18.9 Å². The third kappa shape index (κ3) is 3.27. The van der Waals surface area contributed by atoms with Crippen molar-refractivity contribution in [1.29, 1.82) is 0 Å². The number of hydrogen-bond acceptors (Lipinski definition) is 6. The highest BCUT2D eigenvalue weighted by Gasteiger charge is 2.45. The number of aromatic nitrogens is 6. The first-order chi connectivity index (χ1) is 15.4. The molecule has 1 aliphatic rings. The zero-order valence-electron chi connectivity index (χ0n) is 17.0. The van der Waals surface area contributed by atoms with Crippen molar-refractivity contribution in [2.24, 2.45) is 0 Å². The Morgan fingerprint density at radius 1 is 1.31 bits per heavy atom. The van der Waals surface area contributed by atoms with Crippen molar-refractivity contribution in [3.8, 4) is 5.95 Å². The Hall–Kier alpha value is -3.85. The Balaban J connectivity index is 1.70. The van der Waals surface area contributed by atoms with E-state index in [9.17, 15) is 13.6 Å². The minimum Gasteiger partial charge on any atom is -0.385 e. The summed E-state index contributed by atoms with van der Waals surface area (Å²) in [4.78, 5) is 33.6. The van der Waals surface area contributed by atoms with E-state index in [1.54, 1.807) is 29.9 Å². The van der Waals surface area contributed by atoms with E-state index in [1.807, 2.05) is 0 Å². The monoisotopic (exact) mass is 440 g/mol. The highest BCUT2D eigenvalue weighted by atomic mass is 19.3. The van der Waals surface area contributed by atoms with Crippen LogP contribution in [0.4, 0.5) is 20.3 Å². The van der Waals surface area contributed by atoms with Crippen LogP contribution in [-0.4, -0.2) is 61.8 Å². The molecule has 0 unspecified atom stereocenters. The van der Waals surface area contributed by atoms with Gasteiger partial charge in [0.15, 0.2) is 17.2 Å². The molecule has 1 aliphatic heterocycles. The molecule has 1 saturated heterocycles. The summed E-state index contributed by atoms with van der Waals surface area (Å²) in [5, 5.41) is 0. The second kappa shape index (κ2) is 7.38. The number of halogens is 2. The van der Waals surface area contributed by atoms with Crippen LogP contribution in [0.15, 0.2) is 29.3 Å². The summed E-state index contributed by atoms with van der Waals surface area (Å²) in [6.45, 7) is 7.06. The number of benzene rings is 1. The lowest BCUT2D eigenvalue weighted by Crippen LogP contribution is -2.56. The largest absolute Gasteiger partial charge is 0.385 e. The molecule has 32 heavy (non-hydrogen) atoms. The summed E-state index contributed by atoms with van der Waals surface area (Å²) in [5.41, 5.74) is 1.86. The van der Waals surface area contributed by atoms with Gasteiger partial charge >= 0.3 is 5.69 Å². The lowest BCUT2D eigenvalue weighted by molar-refractivity contribution is -0.0265. The van der Waals surface area contributed by atoms with Crippen LogP contribution < -0.4 is 10.6 Å². The molecule has 0 amide bonds. The number of ether oxygens (including phenoxy) is 1. The van der Waals surface area contributed by atoms with Gasteiger partial charge in [-0.15, -0.1) is 0 Å². The molecule has 0 saturated carbocycles. The smallest absolute Gasteiger partial charge is 0.327 e. The molecule has 0 atom stereocenters. The molecule has 0 radical (unpaired) electrons. The average molecular weight is 440 g/mol. The van der Waals surface area contributed by atoms with Crippen LogP contribution in [0.5, 0.6) is 0 Å². The van der Waals surface area contributed by atoms with Crippen LogP contribution in [0, 0.1) is 6.57 Å². The second-order valence-electron chi connectivity index (χ2n) is 7.59. The van der Waals surface area contributed by atoms with Crippen molar-refractivity contribution >= 4 is 33.7 Å². The number of nitrogens with zero attached hydrogens (tertiary/aromatic N) is 7. The van der Waals surface area contributed by atoms with Gasteiger partial charge in [-0.1, -0.05) is 6.07 Å². The van der Waals surface area contributed by atoms with Crippen molar-refractivity contribution < 1.29 is 13.5 Å². The number of H-pyrrole nitrogens is 1. The number of rotatable bonds is 6. The van der Waals surface area contributed by atoms with E-state index in [1.165, 1.54) is 15.8 Å². The predicted octanol–water partition coefficient (Wildman–Crippen LogP) is 2.50. The lowest BCUT2D eigenvalue weighted by Gasteiger charge is -2.39. The third-order valence-corrected chi connectivity index (χ3v) is 5.34. The summed E-state index contributed by atoms with van der Waals surface area (Å²) in [6.07, 6.45) is 2.08. The van der Waals surface area contributed by atoms with E-state index in [0.29, 0.717) is 47.5 Å². The van der Waals surface area contributed by atoms with Crippen molar-refractivity contribution in [3.05, 3.63) is 46.4 Å². The zero-order valence-corrected chi connectivity index (χ0v) is 17.0. The number of nitrogens with one attached hydrogen (secondary N) is 1. The van der Waals surface area contributed by atoms with E-state index >= 15 is 0 Å². The molecule has 1 aromatic carbocycles. The summed E-state index contributed by atoms with van der Waals surface area (Å²) < 4.78 is 35.3. The number of fused-ring (bicyclic) bond motifs is 2. The Labute approximate surface area is 179 Å². The Morgan fingerprint density at radius 3 is 2.84 bits per heavy atom. The summed E-state index contributed by atoms with van der Waals surface area (Å²) >= 11 is 0. The zero-order chi connectivity index (χ0) is 22.5. The molecule has 4 heterocycles. The molecule has 1 N–H and O–H groups in total. The molecule has 4 aromatic rings. The molecular weight excluding hydrogens is 422 g/mol. The predicted molar refractivity (Wildman–Crippen MR) is 113 cm³/mol. The topological polar surface area (TPSA) is 98.2 Å². The van der Waals surface area contributed by atoms with Gasteiger partial charge in [0.25, 0.3) is 5.92 Å². The standard InChI is InChI=1S/C20H18F2N8O2/c1-23-12-4-5-13-14(8-12)30(11-24-13)18-26-16(28-9-20(21,22)10-28)15-17(27-18)29(19(31)25-15)6-3-7-32-2/h4-5,8,11H,3,6-7,9-10H2,2H3,(H,25,31). The second-order valence-corrected chi connectivity index (χ2v) is 7.59. The molecule has 5 rings (SSSR count). The van der Waals surface area contributed by atoms with Crippen LogP contribution in [-0.2, 0) is 11.3 Å². The first-order valence-electron chi connectivity index (χ1n) is 9.87. The Morgan fingerprint density at radius 2 is 2.12 bits per heavy atom. The van der Waals surface area contributed by atoms with Gasteiger partial charge in [0.1, 0.15) is 11.8 Å². The molecule has 0 aliphatic carbocycles. The first-order valence-corrected chi connectivity index (χ1v) is 9.87. The average Bonchev–Trinajstić information content (AvgIpc) is 3.31. The fourth-order valence-corrected chi connectivity index (χ4v) is 3.80. The van der Waals surface area contributed by atoms with E-state index in [4.69, 9.17) is 11.3 Å². The lowest BCUT2D eigenvalue weighted by atomic mass is 10.1. The van der Waals surface area contributed by atoms with Gasteiger partial charge in [-0.05, 0) is 18.6 Å². The van der Waals surface area contributed by atoms with E-state index in [0.717, 1.165) is 0 Å². The highest BCUT2D eigenvalue weighted by molar-refractivity contribution is 5.86. The van der Waals surface area contributed by atoms with Crippen LogP contribution >= 0.6 is 0 Å². The molecule has 0 bridgehead atoms. The van der Waals surface area contributed by atoms with Gasteiger partial charge in [0, 0.05) is 20.3 Å². The molecular formula is C20H18F2N8O2. The van der Waals surface area contributed by atoms with E-state index in [2.05, 4.69) is 24.8 Å². The quantitative estimate of drug-likeness (QED) is 0.366. The number of hydrogen-bond donors (Lipinski definition) is 1. The van der Waals surface area contributed by atoms with Crippen LogP contribution in [0.3, 0.4) is 0 Å². The first kappa shape index (κ1) is 20.1. The van der Waals surface area contributed by atoms with Crippen LogP contribution in [0.25, 0.3) is 33.0 Å². The third-order valence-electron chi connectivity index (χ3n) is 5.34. The van der Waals surface area contributed by atoms with Gasteiger partial charge < -0.3 is 14.6 Å². The van der Waals surface area contributed by atoms with Gasteiger partial charge in [-0.3, -0.25) is 9.13 Å². The molecule has 10 nitrogen and oxygen atoms in total. The summed E-state index contributed by atoms with van der Waals surface area (Å²) in [5.74, 6) is -2.42. The summed E-state index contributed by atoms with van der Waals surface area (Å²) in [6, 6.07) is 5.03. The van der Waals surface area contributed by atoms with E-state index in [-0.39, 0.29) is 11.8 Å². The van der Waals surface area contributed by atoms with E-state index < -0.39 is 24.7 Å². The minimum absolute atomic E-state index is 0.173. The van der Waals surface area contributed by atoms with Crippen LogP contribution in [0.1, 0.15) is 6.42 Å². The number of methoxy groups -OCH3 is 1. The van der Waals surface area contributed by atoms with Gasteiger partial charge in [-0.2, -0.15) is 9.97 Å².